The van der Waals surface area contributed by atoms with Crippen LogP contribution in [0.15, 0.2) is 0 Å². The maximum absolute atomic E-state index is 5.25. The van der Waals surface area contributed by atoms with E-state index < -0.39 is 0 Å². The van der Waals surface area contributed by atoms with Crippen LogP contribution in [0.2, 0.25) is 0 Å². The average Bonchev–Trinajstić information content (AvgIpc) is 1.90. The number of morpholine rings is 1. The van der Waals surface area contributed by atoms with Crippen LogP contribution in [0.1, 0.15) is 0 Å². The Hall–Kier alpha value is -0.120. The zero-order valence-electron chi connectivity index (χ0n) is 4.84. The number of hydrogen-bond donors (Lipinski definition) is 1. The van der Waals surface area contributed by atoms with Gasteiger partial charge in [-0.1, -0.05) is 0 Å². The van der Waals surface area contributed by atoms with Gasteiger partial charge >= 0.3 is 0 Å². The molecular weight excluding hydrogens is 104 g/mol. The van der Waals surface area contributed by atoms with E-state index in [1.807, 2.05) is 4.90 Å². The Morgan fingerprint density at radius 3 is 2.38 bits per heavy atom. The Morgan fingerprint density at radius 2 is 2.00 bits per heavy atom. The normalized spacial score (nSPS) is 23.6. The van der Waals surface area contributed by atoms with Gasteiger partial charge in [0.2, 0.25) is 0 Å². The zero-order chi connectivity index (χ0) is 5.82. The van der Waals surface area contributed by atoms with Crippen molar-refractivity contribution in [3.63, 3.8) is 0 Å². The maximum Gasteiger partial charge on any atom is 0.0868 e. The van der Waals surface area contributed by atoms with Crippen molar-refractivity contribution in [2.24, 2.45) is 5.73 Å². The van der Waals surface area contributed by atoms with Crippen LogP contribution in [0.3, 0.4) is 0 Å². The summed E-state index contributed by atoms with van der Waals surface area (Å²) < 4.78 is 5.08. The number of nitrogens with zero attached hydrogens (tertiary/aromatic N) is 1. The number of nitrogens with two attached hydrogens (primary N) is 1. The molecule has 3 nitrogen and oxygen atoms in total. The van der Waals surface area contributed by atoms with Crippen LogP contribution in [0.5, 0.6) is 0 Å². The van der Waals surface area contributed by atoms with Crippen molar-refractivity contribution >= 4 is 0 Å². The van der Waals surface area contributed by atoms with Gasteiger partial charge in [-0.2, -0.15) is 0 Å². The highest BCUT2D eigenvalue weighted by molar-refractivity contribution is 4.64. The molecule has 0 aromatic rings. The fourth-order valence-corrected chi connectivity index (χ4v) is 0.727. The molecule has 8 heavy (non-hydrogen) atoms. The number of rotatable bonds is 1. The second-order valence-corrected chi connectivity index (χ2v) is 1.80. The molecule has 1 aliphatic rings. The summed E-state index contributed by atoms with van der Waals surface area (Å²) in [6, 6.07) is 0. The Bertz CT molecular complexity index is 61.4. The van der Waals surface area contributed by atoms with E-state index in [-0.39, 0.29) is 0 Å². The summed E-state index contributed by atoms with van der Waals surface area (Å²) >= 11 is 0. The molecule has 0 aromatic heterocycles. The lowest BCUT2D eigenvalue weighted by Gasteiger charge is -2.23. The third kappa shape index (κ3) is 1.43. The van der Waals surface area contributed by atoms with Crippen LogP contribution < -0.4 is 5.73 Å². The summed E-state index contributed by atoms with van der Waals surface area (Å²) in [7, 11) is 0. The lowest BCUT2D eigenvalue weighted by molar-refractivity contribution is 0.0510. The summed E-state index contributed by atoms with van der Waals surface area (Å²) in [5.74, 6) is 0. The van der Waals surface area contributed by atoms with E-state index in [1.54, 1.807) is 6.67 Å². The predicted molar refractivity (Wildman–Crippen MR) is 30.9 cm³/mol. The van der Waals surface area contributed by atoms with Crippen LogP contribution in [-0.4, -0.2) is 31.2 Å². The molecule has 0 saturated carbocycles. The minimum absolute atomic E-state index is 0.813. The van der Waals surface area contributed by atoms with Gasteiger partial charge in [-0.15, -0.1) is 0 Å². The van der Waals surface area contributed by atoms with Crippen LogP contribution in [-0.2, 0) is 4.74 Å². The molecule has 1 aliphatic heterocycles. The van der Waals surface area contributed by atoms with Gasteiger partial charge in [0.05, 0.1) is 19.9 Å². The van der Waals surface area contributed by atoms with Crippen LogP contribution >= 0.6 is 0 Å². The molecule has 0 aromatic carbocycles. The topological polar surface area (TPSA) is 38.5 Å². The molecule has 0 aliphatic carbocycles. The SMILES string of the molecule is N[CH]N1CCOCC1. The Labute approximate surface area is 49.4 Å². The summed E-state index contributed by atoms with van der Waals surface area (Å²) in [5.41, 5.74) is 5.25. The third-order valence-corrected chi connectivity index (χ3v) is 1.26. The molecule has 1 rings (SSSR count). The van der Waals surface area contributed by atoms with E-state index in [9.17, 15) is 0 Å². The summed E-state index contributed by atoms with van der Waals surface area (Å²) in [5, 5.41) is 0. The molecule has 0 unspecified atom stereocenters. The maximum atomic E-state index is 5.25. The lowest BCUT2D eigenvalue weighted by atomic mass is 10.5. The fraction of sp³-hybridized carbons (Fsp3) is 0.800. The molecule has 1 radical (unpaired) electrons. The quantitative estimate of drug-likeness (QED) is 0.496. The summed E-state index contributed by atoms with van der Waals surface area (Å²) in [6.45, 7) is 5.12. The highest BCUT2D eigenvalue weighted by Crippen LogP contribution is 1.94. The number of ether oxygens (including phenoxy) is 1. The zero-order valence-corrected chi connectivity index (χ0v) is 4.84. The second-order valence-electron chi connectivity index (χ2n) is 1.80. The van der Waals surface area contributed by atoms with Crippen LogP contribution in [0.4, 0.5) is 0 Å². The van der Waals surface area contributed by atoms with Gasteiger partial charge in [-0.3, -0.25) is 4.90 Å². The van der Waals surface area contributed by atoms with E-state index in [4.69, 9.17) is 10.5 Å². The van der Waals surface area contributed by atoms with E-state index in [0.717, 1.165) is 26.3 Å². The predicted octanol–water partition coefficient (Wildman–Crippen LogP) is -0.603. The molecular formula is C5H11N2O. The van der Waals surface area contributed by atoms with Gasteiger partial charge in [0.15, 0.2) is 0 Å². The average molecular weight is 115 g/mol. The van der Waals surface area contributed by atoms with Gasteiger partial charge in [-0.25, -0.2) is 0 Å². The smallest absolute Gasteiger partial charge is 0.0868 e. The molecule has 1 saturated heterocycles. The van der Waals surface area contributed by atoms with Gasteiger partial charge in [-0.05, 0) is 0 Å². The first kappa shape index (κ1) is 6.01. The van der Waals surface area contributed by atoms with Gasteiger partial charge < -0.3 is 10.5 Å². The highest BCUT2D eigenvalue weighted by Gasteiger charge is 2.06. The first-order valence-electron chi connectivity index (χ1n) is 2.80. The Morgan fingerprint density at radius 1 is 1.38 bits per heavy atom. The molecule has 1 heterocycles. The van der Waals surface area contributed by atoms with E-state index in [1.165, 1.54) is 0 Å². The fourth-order valence-electron chi connectivity index (χ4n) is 0.727. The molecule has 3 heteroatoms. The van der Waals surface area contributed by atoms with Gasteiger partial charge in [0.1, 0.15) is 0 Å². The molecule has 0 amide bonds. The molecule has 0 atom stereocenters. The minimum Gasteiger partial charge on any atom is -0.379 e. The minimum atomic E-state index is 0.813. The molecule has 1 fully saturated rings. The standard InChI is InChI=1S/C5H11N2O/c6-5-7-1-3-8-4-2-7/h5H,1-4,6H2. The van der Waals surface area contributed by atoms with E-state index in [0.29, 0.717) is 0 Å². The third-order valence-electron chi connectivity index (χ3n) is 1.26. The molecule has 47 valence electrons. The van der Waals surface area contributed by atoms with Crippen molar-refractivity contribution < 1.29 is 4.74 Å². The molecule has 0 bridgehead atoms. The van der Waals surface area contributed by atoms with Gasteiger partial charge in [0.25, 0.3) is 0 Å². The van der Waals surface area contributed by atoms with Crippen molar-refractivity contribution in [2.75, 3.05) is 26.3 Å². The van der Waals surface area contributed by atoms with E-state index >= 15 is 0 Å². The summed E-state index contributed by atoms with van der Waals surface area (Å²) in [6.07, 6.45) is 0. The highest BCUT2D eigenvalue weighted by atomic mass is 16.5. The lowest BCUT2D eigenvalue weighted by Crippen LogP contribution is -2.36. The summed E-state index contributed by atoms with van der Waals surface area (Å²) in [4.78, 5) is 2.05. The molecule has 2 N–H and O–H groups in total. The van der Waals surface area contributed by atoms with Crippen LogP contribution in [0.25, 0.3) is 0 Å². The van der Waals surface area contributed by atoms with Crippen molar-refractivity contribution in [3.05, 3.63) is 6.67 Å². The van der Waals surface area contributed by atoms with Gasteiger partial charge in [0, 0.05) is 13.1 Å². The first-order chi connectivity index (χ1) is 3.93. The molecule has 0 spiro atoms. The monoisotopic (exact) mass is 115 g/mol. The van der Waals surface area contributed by atoms with Crippen LogP contribution in [0, 0.1) is 6.67 Å². The largest absolute Gasteiger partial charge is 0.379 e. The van der Waals surface area contributed by atoms with Crippen molar-refractivity contribution in [3.8, 4) is 0 Å². The second kappa shape index (κ2) is 3.02. The van der Waals surface area contributed by atoms with Crippen molar-refractivity contribution in [1.82, 2.24) is 4.90 Å². The van der Waals surface area contributed by atoms with Crippen molar-refractivity contribution in [2.45, 2.75) is 0 Å². The Balaban J connectivity index is 2.13. The number of hydrogen-bond acceptors (Lipinski definition) is 3. The first-order valence-corrected chi connectivity index (χ1v) is 2.80. The van der Waals surface area contributed by atoms with E-state index in [2.05, 4.69) is 0 Å². The van der Waals surface area contributed by atoms with Crippen molar-refractivity contribution in [1.29, 1.82) is 0 Å². The Kier molecular flexibility index (Phi) is 2.27.